The van der Waals surface area contributed by atoms with Crippen LogP contribution in [0.2, 0.25) is 0 Å². The average Bonchev–Trinajstić information content (AvgIpc) is 3.03. The Balaban J connectivity index is 1.74. The van der Waals surface area contributed by atoms with Gasteiger partial charge in [-0.2, -0.15) is 0 Å². The topological polar surface area (TPSA) is 125 Å². The van der Waals surface area contributed by atoms with Gasteiger partial charge in [-0.25, -0.2) is 0 Å². The molecule has 0 fully saturated rings. The lowest BCUT2D eigenvalue weighted by Crippen LogP contribution is -2.49. The standard InChI is InChI=1S/C35H41N3O6/c1-3-5-7-17-33(41)44-25-31(35(43)36-30-19-18-27-15-10-11-16-28(27)22-30)37-34(42)29(12-4-2)23-32(40)38(20-21-39)24-26-13-8-6-9-14-26/h3-4,6,8-11,13-16,18-19,22,29,31,39H,1-2,5,7,12,17,20-21,23-25H2,(H,36,43)(H,37,42)/t29-,31-/m0/s1. The lowest BCUT2D eigenvalue weighted by molar-refractivity contribution is -0.146. The Bertz CT molecular complexity index is 1420. The van der Waals surface area contributed by atoms with E-state index in [-0.39, 0.29) is 51.5 Å². The second-order valence-electron chi connectivity index (χ2n) is 10.4. The number of allylic oxidation sites excluding steroid dienone is 2. The van der Waals surface area contributed by atoms with Gasteiger partial charge in [0.2, 0.25) is 11.8 Å². The fourth-order valence-corrected chi connectivity index (χ4v) is 4.65. The molecule has 3 rings (SSSR count). The Labute approximate surface area is 258 Å². The number of aliphatic hydroxyl groups is 1. The molecule has 0 bridgehead atoms. The van der Waals surface area contributed by atoms with Crippen LogP contribution in [0.3, 0.4) is 0 Å². The van der Waals surface area contributed by atoms with Crippen LogP contribution >= 0.6 is 0 Å². The van der Waals surface area contributed by atoms with Gasteiger partial charge < -0.3 is 25.4 Å². The number of fused-ring (bicyclic) bond motifs is 1. The number of anilines is 1. The summed E-state index contributed by atoms with van der Waals surface area (Å²) in [5, 5.41) is 17.0. The number of carbonyl (C=O) groups excluding carboxylic acids is 4. The zero-order valence-corrected chi connectivity index (χ0v) is 25.0. The highest BCUT2D eigenvalue weighted by Crippen LogP contribution is 2.20. The molecule has 0 aliphatic heterocycles. The van der Waals surface area contributed by atoms with E-state index in [1.807, 2.05) is 66.7 Å². The fourth-order valence-electron chi connectivity index (χ4n) is 4.65. The van der Waals surface area contributed by atoms with Crippen LogP contribution in [0.15, 0.2) is 98.1 Å². The van der Waals surface area contributed by atoms with Gasteiger partial charge in [-0.3, -0.25) is 19.2 Å². The van der Waals surface area contributed by atoms with Crippen LogP contribution in [0.4, 0.5) is 5.69 Å². The first kappa shape index (κ1) is 33.7. The van der Waals surface area contributed by atoms with Crippen molar-refractivity contribution in [3.63, 3.8) is 0 Å². The van der Waals surface area contributed by atoms with E-state index in [1.165, 1.54) is 11.0 Å². The number of nitrogens with zero attached hydrogens (tertiary/aromatic N) is 1. The van der Waals surface area contributed by atoms with Crippen molar-refractivity contribution < 1.29 is 29.0 Å². The molecule has 0 aliphatic rings. The summed E-state index contributed by atoms with van der Waals surface area (Å²) in [5.74, 6) is -2.78. The van der Waals surface area contributed by atoms with E-state index in [9.17, 15) is 24.3 Å². The monoisotopic (exact) mass is 599 g/mol. The van der Waals surface area contributed by atoms with E-state index in [0.717, 1.165) is 16.3 Å². The van der Waals surface area contributed by atoms with Crippen molar-refractivity contribution in [2.45, 2.75) is 44.7 Å². The van der Waals surface area contributed by atoms with Gasteiger partial charge in [-0.1, -0.05) is 72.8 Å². The summed E-state index contributed by atoms with van der Waals surface area (Å²) in [7, 11) is 0. The summed E-state index contributed by atoms with van der Waals surface area (Å²) in [4.78, 5) is 54.0. The first-order valence-corrected chi connectivity index (χ1v) is 14.7. The Hall–Kier alpha value is -4.76. The highest BCUT2D eigenvalue weighted by molar-refractivity contribution is 5.99. The van der Waals surface area contributed by atoms with Crippen LogP contribution in [-0.2, 0) is 30.5 Å². The Kier molecular flexibility index (Phi) is 13.8. The highest BCUT2D eigenvalue weighted by atomic mass is 16.5. The van der Waals surface area contributed by atoms with Crippen molar-refractivity contribution in [1.29, 1.82) is 0 Å². The van der Waals surface area contributed by atoms with Gasteiger partial charge in [0.25, 0.3) is 5.91 Å². The minimum absolute atomic E-state index is 0.106. The number of hydrogen-bond donors (Lipinski definition) is 3. The summed E-state index contributed by atoms with van der Waals surface area (Å²) in [6.45, 7) is 7.15. The molecular weight excluding hydrogens is 558 g/mol. The van der Waals surface area contributed by atoms with E-state index in [4.69, 9.17) is 4.74 Å². The van der Waals surface area contributed by atoms with Gasteiger partial charge in [-0.15, -0.1) is 13.2 Å². The lowest BCUT2D eigenvalue weighted by Gasteiger charge is -2.25. The second-order valence-corrected chi connectivity index (χ2v) is 10.4. The van der Waals surface area contributed by atoms with Crippen LogP contribution in [-0.4, -0.2) is 59.5 Å². The summed E-state index contributed by atoms with van der Waals surface area (Å²) in [6, 6.07) is 21.3. The molecule has 0 radical (unpaired) electrons. The first-order chi connectivity index (χ1) is 21.3. The molecule has 0 heterocycles. The lowest BCUT2D eigenvalue weighted by atomic mass is 9.98. The van der Waals surface area contributed by atoms with Crippen LogP contribution in [0.5, 0.6) is 0 Å². The third-order valence-corrected chi connectivity index (χ3v) is 7.03. The summed E-state index contributed by atoms with van der Waals surface area (Å²) in [5.41, 5.74) is 1.41. The van der Waals surface area contributed by atoms with E-state index < -0.39 is 29.7 Å². The fraction of sp³-hybridized carbons (Fsp3) is 0.314. The number of esters is 1. The first-order valence-electron chi connectivity index (χ1n) is 14.7. The minimum atomic E-state index is -1.21. The molecule has 232 valence electrons. The van der Waals surface area contributed by atoms with Crippen molar-refractivity contribution in [1.82, 2.24) is 10.2 Å². The molecule has 0 aromatic heterocycles. The van der Waals surface area contributed by atoms with Gasteiger partial charge in [0.1, 0.15) is 12.6 Å². The van der Waals surface area contributed by atoms with E-state index in [2.05, 4.69) is 23.8 Å². The third-order valence-electron chi connectivity index (χ3n) is 7.03. The van der Waals surface area contributed by atoms with Crippen molar-refractivity contribution in [2.24, 2.45) is 5.92 Å². The van der Waals surface area contributed by atoms with E-state index >= 15 is 0 Å². The number of benzene rings is 3. The smallest absolute Gasteiger partial charge is 0.305 e. The Morgan fingerprint density at radius 1 is 0.909 bits per heavy atom. The van der Waals surface area contributed by atoms with E-state index in [0.29, 0.717) is 18.5 Å². The molecule has 9 heteroatoms. The second kappa shape index (κ2) is 18.0. The molecule has 0 unspecified atom stereocenters. The van der Waals surface area contributed by atoms with Crippen molar-refractivity contribution in [3.05, 3.63) is 104 Å². The number of carbonyl (C=O) groups is 4. The predicted octanol–water partition coefficient (Wildman–Crippen LogP) is 4.77. The Morgan fingerprint density at radius 3 is 2.34 bits per heavy atom. The molecule has 3 amide bonds. The number of unbranched alkanes of at least 4 members (excludes halogenated alkanes) is 1. The molecule has 0 saturated heterocycles. The van der Waals surface area contributed by atoms with Gasteiger partial charge in [0.05, 0.1) is 12.5 Å². The molecule has 44 heavy (non-hydrogen) atoms. The number of nitrogens with one attached hydrogen (secondary N) is 2. The van der Waals surface area contributed by atoms with Gasteiger partial charge in [-0.05, 0) is 47.7 Å². The normalized spacial score (nSPS) is 12.0. The zero-order valence-electron chi connectivity index (χ0n) is 25.0. The van der Waals surface area contributed by atoms with E-state index in [1.54, 1.807) is 12.1 Å². The van der Waals surface area contributed by atoms with Gasteiger partial charge in [0, 0.05) is 31.6 Å². The van der Waals surface area contributed by atoms with Gasteiger partial charge in [0.15, 0.2) is 0 Å². The quantitative estimate of drug-likeness (QED) is 0.110. The van der Waals surface area contributed by atoms with Gasteiger partial charge >= 0.3 is 5.97 Å². The van der Waals surface area contributed by atoms with Crippen molar-refractivity contribution in [3.8, 4) is 0 Å². The van der Waals surface area contributed by atoms with Crippen molar-refractivity contribution >= 4 is 40.2 Å². The molecule has 3 aromatic carbocycles. The van der Waals surface area contributed by atoms with Crippen LogP contribution in [0.1, 0.15) is 37.7 Å². The maximum atomic E-state index is 13.5. The Morgan fingerprint density at radius 2 is 1.64 bits per heavy atom. The predicted molar refractivity (Wildman–Crippen MR) is 171 cm³/mol. The zero-order chi connectivity index (χ0) is 31.7. The maximum Gasteiger partial charge on any atom is 0.305 e. The molecule has 3 N–H and O–H groups in total. The maximum absolute atomic E-state index is 13.5. The summed E-state index contributed by atoms with van der Waals surface area (Å²) in [6.07, 6.45) is 4.60. The molecule has 0 aliphatic carbocycles. The summed E-state index contributed by atoms with van der Waals surface area (Å²) < 4.78 is 5.37. The molecular formula is C35H41N3O6. The SMILES string of the molecule is C=CCCCC(=O)OC[C@H](NC(=O)[C@@H](CC=C)CC(=O)N(CCO)Cc1ccccc1)C(=O)Nc1ccc2ccccc2c1. The minimum Gasteiger partial charge on any atom is -0.463 e. The number of aliphatic hydroxyl groups excluding tert-OH is 1. The third kappa shape index (κ3) is 10.8. The average molecular weight is 600 g/mol. The molecule has 3 aromatic rings. The highest BCUT2D eigenvalue weighted by Gasteiger charge is 2.29. The number of ether oxygens (including phenoxy) is 1. The largest absolute Gasteiger partial charge is 0.463 e. The number of hydrogen-bond acceptors (Lipinski definition) is 6. The van der Waals surface area contributed by atoms with Crippen molar-refractivity contribution in [2.75, 3.05) is 25.1 Å². The molecule has 0 saturated carbocycles. The van der Waals surface area contributed by atoms with Crippen LogP contribution < -0.4 is 10.6 Å². The molecule has 0 spiro atoms. The molecule has 9 nitrogen and oxygen atoms in total. The molecule has 2 atom stereocenters. The summed E-state index contributed by atoms with van der Waals surface area (Å²) >= 11 is 0. The number of amides is 3. The van der Waals surface area contributed by atoms with Crippen LogP contribution in [0.25, 0.3) is 10.8 Å². The number of rotatable bonds is 18. The van der Waals surface area contributed by atoms with Crippen LogP contribution in [0, 0.1) is 5.92 Å².